The molecule has 2 aromatic rings. The highest BCUT2D eigenvalue weighted by Crippen LogP contribution is 2.26. The van der Waals surface area contributed by atoms with Crippen LogP contribution in [0.25, 0.3) is 0 Å². The average Bonchev–Trinajstić information content (AvgIpc) is 2.70. The third-order valence-corrected chi connectivity index (χ3v) is 4.16. The van der Waals surface area contributed by atoms with E-state index in [9.17, 15) is 4.39 Å². The molecule has 3 rings (SSSR count). The zero-order valence-electron chi connectivity index (χ0n) is 12.3. The fourth-order valence-electron chi connectivity index (χ4n) is 3.01. The first kappa shape index (κ1) is 14.2. The van der Waals surface area contributed by atoms with Crippen LogP contribution >= 0.6 is 0 Å². The van der Waals surface area contributed by atoms with E-state index in [2.05, 4.69) is 41.8 Å². The molecule has 1 heterocycles. The lowest BCUT2D eigenvalue weighted by molar-refractivity contribution is 0.442. The maximum atomic E-state index is 13.4. The molecule has 0 bridgehead atoms. The number of fused-ring (bicyclic) bond motifs is 1. The van der Waals surface area contributed by atoms with E-state index in [-0.39, 0.29) is 11.9 Å². The van der Waals surface area contributed by atoms with Gasteiger partial charge in [-0.05, 0) is 48.7 Å². The van der Waals surface area contributed by atoms with E-state index in [1.807, 2.05) is 6.07 Å². The summed E-state index contributed by atoms with van der Waals surface area (Å²) in [5.41, 5.74) is 3.69. The van der Waals surface area contributed by atoms with Crippen LogP contribution in [0.4, 0.5) is 4.39 Å². The van der Waals surface area contributed by atoms with Crippen molar-refractivity contribution in [3.8, 4) is 0 Å². The number of hydrogen-bond donors (Lipinski definition) is 2. The van der Waals surface area contributed by atoms with Crippen LogP contribution in [0.2, 0.25) is 0 Å². The van der Waals surface area contributed by atoms with Gasteiger partial charge in [-0.3, -0.25) is 0 Å². The first-order valence-corrected chi connectivity index (χ1v) is 7.54. The molecular formula is C18H21FN2. The predicted octanol–water partition coefficient (Wildman–Crippen LogP) is 3.71. The highest BCUT2D eigenvalue weighted by molar-refractivity contribution is 5.31. The third-order valence-electron chi connectivity index (χ3n) is 4.16. The highest BCUT2D eigenvalue weighted by Gasteiger charge is 2.20. The Morgan fingerprint density at radius 1 is 1.19 bits per heavy atom. The molecule has 1 aliphatic heterocycles. The molecule has 0 radical (unpaired) electrons. The minimum absolute atomic E-state index is 0.122. The molecule has 110 valence electrons. The fraction of sp³-hybridized carbons (Fsp3) is 0.333. The summed E-state index contributed by atoms with van der Waals surface area (Å²) in [5.74, 6) is -0.177. The number of benzene rings is 2. The van der Waals surface area contributed by atoms with Gasteiger partial charge in [-0.25, -0.2) is 4.39 Å². The SMILES string of the molecule is C[C@@H](NC1CCNCc2ccccc21)c1cccc(F)c1. The van der Waals surface area contributed by atoms with Crippen molar-refractivity contribution >= 4 is 0 Å². The highest BCUT2D eigenvalue weighted by atomic mass is 19.1. The van der Waals surface area contributed by atoms with Crippen molar-refractivity contribution in [1.82, 2.24) is 10.6 Å². The fourth-order valence-corrected chi connectivity index (χ4v) is 3.01. The lowest BCUT2D eigenvalue weighted by Gasteiger charge is -2.24. The van der Waals surface area contributed by atoms with E-state index in [0.717, 1.165) is 25.1 Å². The molecule has 0 amide bonds. The Balaban J connectivity index is 1.81. The molecule has 0 saturated heterocycles. The molecule has 1 aliphatic rings. The molecule has 0 spiro atoms. The number of nitrogens with one attached hydrogen (secondary N) is 2. The Kier molecular flexibility index (Phi) is 4.32. The summed E-state index contributed by atoms with van der Waals surface area (Å²) in [7, 11) is 0. The third kappa shape index (κ3) is 3.31. The van der Waals surface area contributed by atoms with Gasteiger partial charge in [0.25, 0.3) is 0 Å². The monoisotopic (exact) mass is 284 g/mol. The van der Waals surface area contributed by atoms with Crippen LogP contribution < -0.4 is 10.6 Å². The van der Waals surface area contributed by atoms with Gasteiger partial charge in [0.2, 0.25) is 0 Å². The van der Waals surface area contributed by atoms with Gasteiger partial charge in [-0.1, -0.05) is 36.4 Å². The van der Waals surface area contributed by atoms with E-state index in [1.165, 1.54) is 17.2 Å². The van der Waals surface area contributed by atoms with Crippen molar-refractivity contribution in [3.05, 3.63) is 71.0 Å². The van der Waals surface area contributed by atoms with E-state index in [4.69, 9.17) is 0 Å². The molecule has 2 nitrogen and oxygen atoms in total. The van der Waals surface area contributed by atoms with Crippen LogP contribution in [0.1, 0.15) is 42.1 Å². The molecule has 2 aromatic carbocycles. The largest absolute Gasteiger partial charge is 0.313 e. The lowest BCUT2D eigenvalue weighted by atomic mass is 9.97. The summed E-state index contributed by atoms with van der Waals surface area (Å²) in [6.45, 7) is 4.00. The molecule has 2 N–H and O–H groups in total. The van der Waals surface area contributed by atoms with Crippen molar-refractivity contribution in [3.63, 3.8) is 0 Å². The van der Waals surface area contributed by atoms with Crippen LogP contribution in [-0.2, 0) is 6.54 Å². The molecular weight excluding hydrogens is 263 g/mol. The van der Waals surface area contributed by atoms with E-state index in [0.29, 0.717) is 6.04 Å². The lowest BCUT2D eigenvalue weighted by Crippen LogP contribution is -2.26. The van der Waals surface area contributed by atoms with Crippen molar-refractivity contribution in [2.45, 2.75) is 32.0 Å². The van der Waals surface area contributed by atoms with Crippen molar-refractivity contribution in [2.75, 3.05) is 6.54 Å². The molecule has 0 saturated carbocycles. The summed E-state index contributed by atoms with van der Waals surface area (Å²) in [5, 5.41) is 7.11. The molecule has 0 aliphatic carbocycles. The summed E-state index contributed by atoms with van der Waals surface area (Å²) in [6.07, 6.45) is 1.04. The second kappa shape index (κ2) is 6.37. The Hall–Kier alpha value is -1.71. The molecule has 21 heavy (non-hydrogen) atoms. The number of halogens is 1. The van der Waals surface area contributed by atoms with Gasteiger partial charge in [0, 0.05) is 18.6 Å². The summed E-state index contributed by atoms with van der Waals surface area (Å²) in [6, 6.07) is 15.8. The van der Waals surface area contributed by atoms with Crippen LogP contribution in [0.3, 0.4) is 0 Å². The zero-order valence-corrected chi connectivity index (χ0v) is 12.3. The van der Waals surface area contributed by atoms with Crippen LogP contribution in [0.5, 0.6) is 0 Å². The number of rotatable bonds is 3. The van der Waals surface area contributed by atoms with Crippen LogP contribution in [-0.4, -0.2) is 6.54 Å². The van der Waals surface area contributed by atoms with Gasteiger partial charge in [0.15, 0.2) is 0 Å². The summed E-state index contributed by atoms with van der Waals surface area (Å²) >= 11 is 0. The normalized spacial score (nSPS) is 19.6. The maximum absolute atomic E-state index is 13.4. The van der Waals surface area contributed by atoms with Gasteiger partial charge in [-0.15, -0.1) is 0 Å². The van der Waals surface area contributed by atoms with Gasteiger partial charge in [-0.2, -0.15) is 0 Å². The Labute approximate surface area is 125 Å². The van der Waals surface area contributed by atoms with E-state index in [1.54, 1.807) is 12.1 Å². The van der Waals surface area contributed by atoms with Gasteiger partial charge in [0.05, 0.1) is 0 Å². The average molecular weight is 284 g/mol. The molecule has 0 aromatic heterocycles. The smallest absolute Gasteiger partial charge is 0.123 e. The number of hydrogen-bond acceptors (Lipinski definition) is 2. The maximum Gasteiger partial charge on any atom is 0.123 e. The molecule has 1 unspecified atom stereocenters. The first-order valence-electron chi connectivity index (χ1n) is 7.54. The summed E-state index contributed by atoms with van der Waals surface area (Å²) in [4.78, 5) is 0. The summed E-state index contributed by atoms with van der Waals surface area (Å²) < 4.78 is 13.4. The van der Waals surface area contributed by atoms with Crippen LogP contribution in [0.15, 0.2) is 48.5 Å². The minimum Gasteiger partial charge on any atom is -0.313 e. The molecule has 3 heteroatoms. The predicted molar refractivity (Wildman–Crippen MR) is 83.5 cm³/mol. The Morgan fingerprint density at radius 3 is 2.90 bits per heavy atom. The molecule has 2 atom stereocenters. The van der Waals surface area contributed by atoms with Crippen molar-refractivity contribution < 1.29 is 4.39 Å². The Bertz CT molecular complexity index is 612. The second-order valence-electron chi connectivity index (χ2n) is 5.66. The van der Waals surface area contributed by atoms with Gasteiger partial charge in [0.1, 0.15) is 5.82 Å². The Morgan fingerprint density at radius 2 is 2.05 bits per heavy atom. The van der Waals surface area contributed by atoms with E-state index < -0.39 is 0 Å². The first-order chi connectivity index (χ1) is 10.2. The standard InChI is InChI=1S/C18H21FN2/c1-13(14-6-4-7-16(19)11-14)21-18-9-10-20-12-15-5-2-3-8-17(15)18/h2-8,11,13,18,20-21H,9-10,12H2,1H3/t13-,18?/m1/s1. The minimum atomic E-state index is -0.177. The van der Waals surface area contributed by atoms with Gasteiger partial charge >= 0.3 is 0 Å². The molecule has 0 fully saturated rings. The van der Waals surface area contributed by atoms with E-state index >= 15 is 0 Å². The topological polar surface area (TPSA) is 24.1 Å². The van der Waals surface area contributed by atoms with Crippen molar-refractivity contribution in [1.29, 1.82) is 0 Å². The second-order valence-corrected chi connectivity index (χ2v) is 5.66. The van der Waals surface area contributed by atoms with Crippen LogP contribution in [0, 0.1) is 5.82 Å². The van der Waals surface area contributed by atoms with Crippen molar-refractivity contribution in [2.24, 2.45) is 0 Å². The quantitative estimate of drug-likeness (QED) is 0.898. The zero-order chi connectivity index (χ0) is 14.7. The van der Waals surface area contributed by atoms with Gasteiger partial charge < -0.3 is 10.6 Å².